The molecule has 92 valence electrons. The van der Waals surface area contributed by atoms with Crippen molar-refractivity contribution in [2.75, 3.05) is 0 Å². The summed E-state index contributed by atoms with van der Waals surface area (Å²) in [6, 6.07) is 0.548. The fraction of sp³-hybridized carbons (Fsp3) is 0.500. The summed E-state index contributed by atoms with van der Waals surface area (Å²) in [6.45, 7) is 6.32. The summed E-state index contributed by atoms with van der Waals surface area (Å²) < 4.78 is 1.83. The summed E-state index contributed by atoms with van der Waals surface area (Å²) in [5.41, 5.74) is 2.29. The van der Waals surface area contributed by atoms with Crippen LogP contribution in [0.1, 0.15) is 42.2 Å². The number of aryl methyl sites for hydroxylation is 2. The van der Waals surface area contributed by atoms with Gasteiger partial charge >= 0.3 is 0 Å². The molecule has 0 radical (unpaired) electrons. The summed E-state index contributed by atoms with van der Waals surface area (Å²) in [5, 5.41) is 10.9. The molecule has 0 fully saturated rings. The summed E-state index contributed by atoms with van der Waals surface area (Å²) in [6.07, 6.45) is 3.94. The maximum Gasteiger partial charge on any atom is 0.110 e. The minimum atomic E-state index is 0.268. The van der Waals surface area contributed by atoms with Crippen molar-refractivity contribution in [1.82, 2.24) is 20.1 Å². The van der Waals surface area contributed by atoms with E-state index in [1.165, 1.54) is 5.56 Å². The third kappa shape index (κ3) is 2.92. The van der Waals surface area contributed by atoms with Crippen molar-refractivity contribution in [2.24, 2.45) is 7.05 Å². The third-order valence-corrected chi connectivity index (χ3v) is 3.88. The highest BCUT2D eigenvalue weighted by Gasteiger charge is 2.14. The summed E-state index contributed by atoms with van der Waals surface area (Å²) in [7, 11) is 1.93. The Labute approximate surface area is 106 Å². The number of hydrogen-bond acceptors (Lipinski definition) is 4. The van der Waals surface area contributed by atoms with E-state index in [4.69, 9.17) is 0 Å². The first kappa shape index (κ1) is 12.3. The van der Waals surface area contributed by atoms with Gasteiger partial charge in [0.25, 0.3) is 0 Å². The fourth-order valence-corrected chi connectivity index (χ4v) is 2.59. The van der Waals surface area contributed by atoms with Crippen LogP contribution in [0, 0.1) is 6.92 Å². The van der Waals surface area contributed by atoms with Crippen LogP contribution in [0.5, 0.6) is 0 Å². The molecule has 2 rings (SSSR count). The van der Waals surface area contributed by atoms with Crippen LogP contribution in [0.2, 0.25) is 0 Å². The lowest BCUT2D eigenvalue weighted by molar-refractivity contribution is 0.492. The van der Waals surface area contributed by atoms with Crippen molar-refractivity contribution in [1.29, 1.82) is 0 Å². The van der Waals surface area contributed by atoms with E-state index in [-0.39, 0.29) is 12.1 Å². The quantitative estimate of drug-likeness (QED) is 0.907. The Kier molecular flexibility index (Phi) is 3.59. The van der Waals surface area contributed by atoms with Crippen LogP contribution in [0.3, 0.4) is 0 Å². The molecule has 0 aromatic carbocycles. The average molecular weight is 250 g/mol. The third-order valence-electron chi connectivity index (χ3n) is 2.73. The van der Waals surface area contributed by atoms with E-state index >= 15 is 0 Å². The molecule has 1 N–H and O–H groups in total. The largest absolute Gasteiger partial charge is 0.301 e. The van der Waals surface area contributed by atoms with E-state index in [1.807, 2.05) is 31.0 Å². The van der Waals surface area contributed by atoms with Crippen molar-refractivity contribution < 1.29 is 0 Å². The number of rotatable bonds is 4. The SMILES string of the molecule is Cc1csc(C(C)NC(C)c2cnn(C)c2)n1. The molecule has 0 bridgehead atoms. The molecule has 0 aliphatic rings. The number of thiazole rings is 1. The van der Waals surface area contributed by atoms with Crippen molar-refractivity contribution in [3.05, 3.63) is 34.0 Å². The van der Waals surface area contributed by atoms with E-state index in [0.29, 0.717) is 0 Å². The smallest absolute Gasteiger partial charge is 0.110 e. The second kappa shape index (κ2) is 4.98. The Morgan fingerprint density at radius 3 is 2.65 bits per heavy atom. The van der Waals surface area contributed by atoms with Gasteiger partial charge in [-0.15, -0.1) is 11.3 Å². The van der Waals surface area contributed by atoms with Gasteiger partial charge in [0.05, 0.1) is 12.2 Å². The highest BCUT2D eigenvalue weighted by atomic mass is 32.1. The van der Waals surface area contributed by atoms with Crippen LogP contribution in [-0.4, -0.2) is 14.8 Å². The second-order valence-electron chi connectivity index (χ2n) is 4.38. The van der Waals surface area contributed by atoms with Crippen molar-refractivity contribution >= 4 is 11.3 Å². The van der Waals surface area contributed by atoms with Crippen LogP contribution in [0.15, 0.2) is 17.8 Å². The molecule has 2 aromatic heterocycles. The molecule has 0 spiro atoms. The summed E-state index contributed by atoms with van der Waals surface area (Å²) >= 11 is 1.71. The molecule has 2 atom stereocenters. The molecular formula is C12H18N4S. The van der Waals surface area contributed by atoms with E-state index in [9.17, 15) is 0 Å². The topological polar surface area (TPSA) is 42.7 Å². The van der Waals surface area contributed by atoms with Crippen molar-refractivity contribution in [2.45, 2.75) is 32.9 Å². The molecule has 2 unspecified atom stereocenters. The van der Waals surface area contributed by atoms with Gasteiger partial charge in [0.2, 0.25) is 0 Å². The lowest BCUT2D eigenvalue weighted by Gasteiger charge is -2.17. The maximum absolute atomic E-state index is 4.50. The zero-order valence-electron chi connectivity index (χ0n) is 10.6. The summed E-state index contributed by atoms with van der Waals surface area (Å²) in [4.78, 5) is 4.50. The lowest BCUT2D eigenvalue weighted by atomic mass is 10.1. The molecule has 2 heterocycles. The van der Waals surface area contributed by atoms with Gasteiger partial charge in [-0.3, -0.25) is 4.68 Å². The number of hydrogen-bond donors (Lipinski definition) is 1. The van der Waals surface area contributed by atoms with Gasteiger partial charge in [0.15, 0.2) is 0 Å². The first-order valence-electron chi connectivity index (χ1n) is 5.73. The minimum absolute atomic E-state index is 0.268. The highest BCUT2D eigenvalue weighted by Crippen LogP contribution is 2.21. The Balaban J connectivity index is 2.01. The first-order chi connectivity index (χ1) is 8.06. The van der Waals surface area contributed by atoms with Gasteiger partial charge in [-0.25, -0.2) is 4.98 Å². The highest BCUT2D eigenvalue weighted by molar-refractivity contribution is 7.09. The molecule has 0 aliphatic carbocycles. The van der Waals surface area contributed by atoms with Gasteiger partial charge in [0, 0.05) is 35.9 Å². The predicted molar refractivity (Wildman–Crippen MR) is 70.0 cm³/mol. The Bertz CT molecular complexity index is 444. The van der Waals surface area contributed by atoms with Gasteiger partial charge in [0.1, 0.15) is 5.01 Å². The molecule has 17 heavy (non-hydrogen) atoms. The Hall–Kier alpha value is -1.20. The Morgan fingerprint density at radius 1 is 1.35 bits per heavy atom. The standard InChI is InChI=1S/C12H18N4S/c1-8-7-17-12(14-8)10(3)15-9(2)11-5-13-16(4)6-11/h5-7,9-10,15H,1-4H3. The van der Waals surface area contributed by atoms with Crippen LogP contribution < -0.4 is 5.32 Å². The van der Waals surface area contributed by atoms with Crippen molar-refractivity contribution in [3.63, 3.8) is 0 Å². The van der Waals surface area contributed by atoms with Gasteiger partial charge in [-0.2, -0.15) is 5.10 Å². The molecule has 0 amide bonds. The molecule has 2 aromatic rings. The monoisotopic (exact) mass is 250 g/mol. The zero-order valence-corrected chi connectivity index (χ0v) is 11.5. The fourth-order valence-electron chi connectivity index (χ4n) is 1.78. The zero-order chi connectivity index (χ0) is 12.4. The molecular weight excluding hydrogens is 232 g/mol. The van der Waals surface area contributed by atoms with Crippen LogP contribution >= 0.6 is 11.3 Å². The van der Waals surface area contributed by atoms with Crippen LogP contribution in [0.25, 0.3) is 0 Å². The summed E-state index contributed by atoms with van der Waals surface area (Å²) in [5.74, 6) is 0. The molecule has 0 aliphatic heterocycles. The van der Waals surface area contributed by atoms with Gasteiger partial charge in [-0.1, -0.05) is 0 Å². The molecule has 0 saturated heterocycles. The van der Waals surface area contributed by atoms with E-state index in [1.54, 1.807) is 11.3 Å². The van der Waals surface area contributed by atoms with E-state index in [2.05, 4.69) is 34.6 Å². The minimum Gasteiger partial charge on any atom is -0.301 e. The van der Waals surface area contributed by atoms with Crippen molar-refractivity contribution in [3.8, 4) is 0 Å². The average Bonchev–Trinajstić information content (AvgIpc) is 2.87. The van der Waals surface area contributed by atoms with Gasteiger partial charge < -0.3 is 5.32 Å². The molecule has 5 heteroatoms. The molecule has 4 nitrogen and oxygen atoms in total. The van der Waals surface area contributed by atoms with Crippen LogP contribution in [0.4, 0.5) is 0 Å². The normalized spacial score (nSPS) is 14.8. The number of aromatic nitrogens is 3. The van der Waals surface area contributed by atoms with Crippen LogP contribution in [-0.2, 0) is 7.05 Å². The Morgan fingerprint density at radius 2 is 2.12 bits per heavy atom. The second-order valence-corrected chi connectivity index (χ2v) is 5.27. The van der Waals surface area contributed by atoms with E-state index < -0.39 is 0 Å². The van der Waals surface area contributed by atoms with Gasteiger partial charge in [-0.05, 0) is 20.8 Å². The maximum atomic E-state index is 4.50. The lowest BCUT2D eigenvalue weighted by Crippen LogP contribution is -2.22. The number of nitrogens with one attached hydrogen (secondary N) is 1. The predicted octanol–water partition coefficient (Wildman–Crippen LogP) is 2.60. The molecule has 0 saturated carbocycles. The number of nitrogens with zero attached hydrogens (tertiary/aromatic N) is 3. The first-order valence-corrected chi connectivity index (χ1v) is 6.61. The van der Waals surface area contributed by atoms with E-state index in [0.717, 1.165) is 10.7 Å².